The minimum absolute atomic E-state index is 0.00940. The van der Waals surface area contributed by atoms with Crippen molar-refractivity contribution in [3.05, 3.63) is 90.0 Å². The van der Waals surface area contributed by atoms with Gasteiger partial charge in [-0.1, -0.05) is 30.3 Å². The lowest BCUT2D eigenvalue weighted by Gasteiger charge is -2.11. The van der Waals surface area contributed by atoms with Crippen LogP contribution in [0.4, 0.5) is 0 Å². The van der Waals surface area contributed by atoms with Crippen LogP contribution in [-0.2, 0) is 17.8 Å². The summed E-state index contributed by atoms with van der Waals surface area (Å²) in [6.45, 7) is 0.819. The smallest absolute Gasteiger partial charge is 0.258 e. The van der Waals surface area contributed by atoms with Crippen LogP contribution in [0.5, 0.6) is 5.75 Å². The number of hydrogen-bond acceptors (Lipinski definition) is 5. The number of para-hydroxylation sites is 3. The number of nitrogens with zero attached hydrogens (tertiary/aromatic N) is 3. The van der Waals surface area contributed by atoms with Gasteiger partial charge in [0.1, 0.15) is 23.2 Å². The lowest BCUT2D eigenvalue weighted by molar-refractivity contribution is -0.123. The molecule has 0 saturated carbocycles. The van der Waals surface area contributed by atoms with Gasteiger partial charge in [-0.3, -0.25) is 10.2 Å². The third-order valence-corrected chi connectivity index (χ3v) is 5.67. The summed E-state index contributed by atoms with van der Waals surface area (Å²) in [6, 6.07) is 22.6. The Morgan fingerprint density at radius 3 is 2.63 bits per heavy atom. The van der Waals surface area contributed by atoms with Gasteiger partial charge in [-0.15, -0.1) is 0 Å². The number of carbonyl (C=O) groups is 1. The molecule has 0 aliphatic heterocycles. The number of nitrogens with one attached hydrogen (secondary N) is 3. The van der Waals surface area contributed by atoms with Crippen molar-refractivity contribution in [2.75, 3.05) is 13.2 Å². The maximum atomic E-state index is 12.3. The zero-order chi connectivity index (χ0) is 24.2. The van der Waals surface area contributed by atoms with Crippen LogP contribution in [0.2, 0.25) is 0 Å². The van der Waals surface area contributed by atoms with E-state index in [0.717, 1.165) is 33.7 Å². The monoisotopic (exact) mass is 467 g/mol. The van der Waals surface area contributed by atoms with Gasteiger partial charge in [0.05, 0.1) is 28.5 Å². The fraction of sp³-hybridized carbons (Fsp3) is 0.154. The second kappa shape index (κ2) is 9.68. The number of aromatic nitrogens is 4. The van der Waals surface area contributed by atoms with Crippen molar-refractivity contribution >= 4 is 33.8 Å². The first kappa shape index (κ1) is 22.1. The number of benzene rings is 3. The van der Waals surface area contributed by atoms with Gasteiger partial charge in [0.2, 0.25) is 0 Å². The minimum atomic E-state index is -0.207. The molecular formula is C26H25N7O2. The molecule has 0 atom stereocenters. The predicted molar refractivity (Wildman–Crippen MR) is 135 cm³/mol. The second-order valence-corrected chi connectivity index (χ2v) is 8.13. The average Bonchev–Trinajstić information content (AvgIpc) is 3.43. The fourth-order valence-electron chi connectivity index (χ4n) is 3.99. The number of nitrogens with two attached hydrogens (primary N) is 1. The highest BCUT2D eigenvalue weighted by Gasteiger charge is 2.15. The maximum Gasteiger partial charge on any atom is 0.258 e. The molecule has 0 aliphatic carbocycles. The van der Waals surface area contributed by atoms with Crippen LogP contribution in [-0.4, -0.2) is 44.4 Å². The Morgan fingerprint density at radius 2 is 1.83 bits per heavy atom. The van der Waals surface area contributed by atoms with Crippen LogP contribution in [0.3, 0.4) is 0 Å². The van der Waals surface area contributed by atoms with Crippen LogP contribution < -0.4 is 15.8 Å². The summed E-state index contributed by atoms with van der Waals surface area (Å²) < 4.78 is 7.55. The van der Waals surface area contributed by atoms with E-state index in [1.165, 1.54) is 0 Å². The number of carbonyl (C=O) groups excluding carboxylic acids is 1. The van der Waals surface area contributed by atoms with Crippen molar-refractivity contribution in [3.8, 4) is 5.75 Å². The quantitative estimate of drug-likeness (QED) is 0.195. The zero-order valence-electron chi connectivity index (χ0n) is 19.0. The summed E-state index contributed by atoms with van der Waals surface area (Å²) >= 11 is 0. The Balaban J connectivity index is 1.34. The highest BCUT2D eigenvalue weighted by Crippen LogP contribution is 2.21. The summed E-state index contributed by atoms with van der Waals surface area (Å²) in [7, 11) is 0. The predicted octanol–water partition coefficient (Wildman–Crippen LogP) is 2.98. The number of amides is 1. The van der Waals surface area contributed by atoms with E-state index in [4.69, 9.17) is 20.9 Å². The number of nitrogen functional groups attached to an aromatic ring is 1. The van der Waals surface area contributed by atoms with Gasteiger partial charge in [-0.25, -0.2) is 9.97 Å². The summed E-state index contributed by atoms with van der Waals surface area (Å²) in [5.41, 5.74) is 9.84. The number of fused-ring (bicyclic) bond motifs is 2. The molecule has 5 N–H and O–H groups in total. The Bertz CT molecular complexity index is 1470. The van der Waals surface area contributed by atoms with E-state index in [9.17, 15) is 4.79 Å². The van der Waals surface area contributed by atoms with Gasteiger partial charge < -0.3 is 25.3 Å². The van der Waals surface area contributed by atoms with Crippen molar-refractivity contribution in [1.82, 2.24) is 24.8 Å². The first-order valence-corrected chi connectivity index (χ1v) is 11.3. The summed E-state index contributed by atoms with van der Waals surface area (Å²) in [5.74, 6) is 2.03. The van der Waals surface area contributed by atoms with Crippen molar-refractivity contribution < 1.29 is 9.53 Å². The molecule has 1 amide bonds. The Kier molecular flexibility index (Phi) is 6.13. The topological polar surface area (TPSA) is 135 Å². The maximum absolute atomic E-state index is 12.3. The van der Waals surface area contributed by atoms with E-state index < -0.39 is 0 Å². The van der Waals surface area contributed by atoms with Gasteiger partial charge >= 0.3 is 0 Å². The normalized spacial score (nSPS) is 11.1. The average molecular weight is 468 g/mol. The molecule has 3 aromatic carbocycles. The van der Waals surface area contributed by atoms with Gasteiger partial charge in [-0.05, 0) is 42.5 Å². The van der Waals surface area contributed by atoms with E-state index in [1.807, 2.05) is 71.3 Å². The van der Waals surface area contributed by atoms with Crippen LogP contribution in [0.15, 0.2) is 72.8 Å². The van der Waals surface area contributed by atoms with E-state index in [-0.39, 0.29) is 18.3 Å². The third-order valence-electron chi connectivity index (χ3n) is 5.67. The second-order valence-electron chi connectivity index (χ2n) is 8.13. The van der Waals surface area contributed by atoms with E-state index in [0.29, 0.717) is 30.8 Å². The molecule has 2 heterocycles. The first-order valence-electron chi connectivity index (χ1n) is 11.3. The standard InChI is InChI=1S/C26H25N7O2/c27-26(28)17-10-11-21-22(14-17)33(13-12-29-25(34)16-35-18-6-2-1-3-7-18)24(32-21)15-23-30-19-8-4-5-9-20(19)31-23/h1-11,14H,12-13,15-16H2,(H3,27,28)(H,29,34)(H,30,31). The zero-order valence-corrected chi connectivity index (χ0v) is 19.0. The van der Waals surface area contributed by atoms with E-state index in [2.05, 4.69) is 15.3 Å². The van der Waals surface area contributed by atoms with Gasteiger partial charge in [0, 0.05) is 18.7 Å². The molecule has 0 saturated heterocycles. The van der Waals surface area contributed by atoms with Crippen molar-refractivity contribution in [1.29, 1.82) is 5.41 Å². The first-order chi connectivity index (χ1) is 17.1. The molecule has 0 fully saturated rings. The third kappa shape index (κ3) is 4.98. The molecule has 0 spiro atoms. The largest absolute Gasteiger partial charge is 0.484 e. The molecule has 0 aliphatic rings. The molecular weight excluding hydrogens is 442 g/mol. The Labute approximate surface area is 201 Å². The molecule has 0 bridgehead atoms. The van der Waals surface area contributed by atoms with Crippen molar-refractivity contribution in [2.45, 2.75) is 13.0 Å². The van der Waals surface area contributed by atoms with Gasteiger partial charge in [0.25, 0.3) is 5.91 Å². The van der Waals surface area contributed by atoms with E-state index in [1.54, 1.807) is 6.07 Å². The van der Waals surface area contributed by atoms with Crippen LogP contribution >= 0.6 is 0 Å². The number of imidazole rings is 2. The number of H-pyrrole nitrogens is 1. The highest BCUT2D eigenvalue weighted by atomic mass is 16.5. The molecule has 2 aromatic heterocycles. The van der Waals surface area contributed by atoms with Crippen LogP contribution in [0, 0.1) is 5.41 Å². The summed E-state index contributed by atoms with van der Waals surface area (Å²) in [5, 5.41) is 10.7. The number of amidine groups is 1. The van der Waals surface area contributed by atoms with Crippen molar-refractivity contribution in [2.24, 2.45) is 5.73 Å². The van der Waals surface area contributed by atoms with Crippen molar-refractivity contribution in [3.63, 3.8) is 0 Å². The number of hydrogen-bond donors (Lipinski definition) is 4. The number of aromatic amines is 1. The highest BCUT2D eigenvalue weighted by molar-refractivity contribution is 5.98. The molecule has 35 heavy (non-hydrogen) atoms. The van der Waals surface area contributed by atoms with Crippen LogP contribution in [0.25, 0.3) is 22.1 Å². The lowest BCUT2D eigenvalue weighted by atomic mass is 10.2. The number of ether oxygens (including phenoxy) is 1. The SMILES string of the molecule is N=C(N)c1ccc2nc(Cc3nc4ccccc4[nH]3)n(CCNC(=O)COc3ccccc3)c2c1. The Morgan fingerprint density at radius 1 is 1.03 bits per heavy atom. The molecule has 0 radical (unpaired) electrons. The molecule has 9 nitrogen and oxygen atoms in total. The van der Waals surface area contributed by atoms with Crippen LogP contribution in [0.1, 0.15) is 17.2 Å². The van der Waals surface area contributed by atoms with Gasteiger partial charge in [0.15, 0.2) is 6.61 Å². The molecule has 5 rings (SSSR count). The number of rotatable bonds is 9. The molecule has 9 heteroatoms. The molecule has 5 aromatic rings. The lowest BCUT2D eigenvalue weighted by Crippen LogP contribution is -2.31. The fourth-order valence-corrected chi connectivity index (χ4v) is 3.99. The summed E-state index contributed by atoms with van der Waals surface area (Å²) in [4.78, 5) is 25.1. The molecule has 0 unspecified atom stereocenters. The Hall–Kier alpha value is -4.66. The summed E-state index contributed by atoms with van der Waals surface area (Å²) in [6.07, 6.45) is 0.490. The van der Waals surface area contributed by atoms with Gasteiger partial charge in [-0.2, -0.15) is 0 Å². The van der Waals surface area contributed by atoms with E-state index >= 15 is 0 Å². The molecule has 176 valence electrons. The minimum Gasteiger partial charge on any atom is -0.484 e.